The maximum absolute atomic E-state index is 10.5. The van der Waals surface area contributed by atoms with Crippen molar-refractivity contribution in [2.45, 2.75) is 18.7 Å². The summed E-state index contributed by atoms with van der Waals surface area (Å²) < 4.78 is 31.5. The van der Waals surface area contributed by atoms with Crippen molar-refractivity contribution in [1.29, 1.82) is 0 Å². The highest BCUT2D eigenvalue weighted by Crippen LogP contribution is 2.11. The lowest BCUT2D eigenvalue weighted by Gasteiger charge is -2.03. The number of carboxylic acid groups (broad SMARTS) is 1. The molecule has 0 spiro atoms. The molecule has 0 fully saturated rings. The number of halogens is 3. The molecule has 1 unspecified atom stereocenters. The minimum atomic E-state index is -5.19. The van der Waals surface area contributed by atoms with Crippen molar-refractivity contribution >= 4 is 11.9 Å². The van der Waals surface area contributed by atoms with E-state index in [0.717, 1.165) is 13.0 Å². The van der Waals surface area contributed by atoms with Crippen LogP contribution in [0.5, 0.6) is 0 Å². The first-order valence-corrected chi connectivity index (χ1v) is 4.30. The molecule has 9 heteroatoms. The highest BCUT2D eigenvalue weighted by atomic mass is 19.4. The quantitative estimate of drug-likeness (QED) is 0.347. The van der Waals surface area contributed by atoms with E-state index >= 15 is 0 Å². The number of guanidine groups is 1. The van der Waals surface area contributed by atoms with E-state index in [4.69, 9.17) is 20.7 Å². The van der Waals surface area contributed by atoms with Crippen LogP contribution in [-0.4, -0.2) is 42.4 Å². The van der Waals surface area contributed by atoms with Gasteiger partial charge >= 0.3 is 12.1 Å². The summed E-state index contributed by atoms with van der Waals surface area (Å²) in [6, 6.07) is 0. The molecule has 1 atom stereocenters. The number of aliphatic hydroxyl groups is 1. The van der Waals surface area contributed by atoms with E-state index in [2.05, 4.69) is 10.3 Å². The van der Waals surface area contributed by atoms with Gasteiger partial charge in [-0.25, -0.2) is 0 Å². The Balaban J connectivity index is 0.000000293. The van der Waals surface area contributed by atoms with Crippen LogP contribution in [0.4, 0.5) is 13.2 Å². The van der Waals surface area contributed by atoms with Gasteiger partial charge in [0.1, 0.15) is 5.97 Å². The van der Waals surface area contributed by atoms with Gasteiger partial charge in [0.25, 0.3) is 0 Å². The second kappa shape index (κ2) is 6.16. The van der Waals surface area contributed by atoms with Crippen LogP contribution in [0.25, 0.3) is 0 Å². The van der Waals surface area contributed by atoms with Crippen molar-refractivity contribution in [3.63, 3.8) is 0 Å². The highest BCUT2D eigenvalue weighted by molar-refractivity contribution is 5.71. The lowest BCUT2D eigenvalue weighted by atomic mass is 10.3. The van der Waals surface area contributed by atoms with E-state index < -0.39 is 12.1 Å². The summed E-state index contributed by atoms with van der Waals surface area (Å²) in [5.74, 6) is -2.45. The van der Waals surface area contributed by atoms with Crippen LogP contribution < -0.4 is 21.1 Å². The fourth-order valence-corrected chi connectivity index (χ4v) is 0.766. The molecule has 0 aliphatic carbocycles. The number of carbonyl (C=O) groups is 1. The van der Waals surface area contributed by atoms with E-state index in [1.54, 1.807) is 0 Å². The van der Waals surface area contributed by atoms with Gasteiger partial charge in [-0.3, -0.25) is 16.0 Å². The van der Waals surface area contributed by atoms with E-state index in [1.807, 2.05) is 0 Å². The Morgan fingerprint density at radius 3 is 2.56 bits per heavy atom. The Kier molecular flexibility index (Phi) is 5.57. The summed E-state index contributed by atoms with van der Waals surface area (Å²) in [7, 11) is 0. The average molecular weight is 243 g/mol. The van der Waals surface area contributed by atoms with Gasteiger partial charge in [-0.15, -0.1) is 0 Å². The second-order valence-corrected chi connectivity index (χ2v) is 2.95. The summed E-state index contributed by atoms with van der Waals surface area (Å²) in [5, 5.41) is 20.7. The molecule has 1 rings (SSSR count). The lowest BCUT2D eigenvalue weighted by molar-refractivity contribution is -0.470. The van der Waals surface area contributed by atoms with Crippen molar-refractivity contribution < 1.29 is 33.2 Å². The number of aliphatic carboxylic acids is 1. The van der Waals surface area contributed by atoms with Gasteiger partial charge in [-0.1, -0.05) is 0 Å². The van der Waals surface area contributed by atoms with Crippen molar-refractivity contribution in [3.8, 4) is 0 Å². The molecule has 0 amide bonds. The first-order chi connectivity index (χ1) is 7.23. The minimum Gasteiger partial charge on any atom is -0.542 e. The zero-order valence-corrected chi connectivity index (χ0v) is 8.17. The van der Waals surface area contributed by atoms with E-state index in [1.165, 1.54) is 0 Å². The van der Waals surface area contributed by atoms with Crippen LogP contribution in [0.15, 0.2) is 0 Å². The van der Waals surface area contributed by atoms with Crippen LogP contribution in [0, 0.1) is 0 Å². The predicted molar refractivity (Wildman–Crippen MR) is 44.7 cm³/mol. The minimum absolute atomic E-state index is 0.265. The normalized spacial score (nSPS) is 20.8. The molecule has 0 radical (unpaired) electrons. The fourth-order valence-electron chi connectivity index (χ4n) is 0.766. The van der Waals surface area contributed by atoms with E-state index in [9.17, 15) is 13.2 Å². The van der Waals surface area contributed by atoms with Crippen LogP contribution >= 0.6 is 0 Å². The molecule has 0 aromatic carbocycles. The largest absolute Gasteiger partial charge is 0.542 e. The van der Waals surface area contributed by atoms with E-state index in [0.29, 0.717) is 12.5 Å². The van der Waals surface area contributed by atoms with Crippen molar-refractivity contribution in [2.75, 3.05) is 13.1 Å². The Hall–Kier alpha value is -1.51. The molecule has 1 heterocycles. The number of aliphatic hydroxyl groups excluding tert-OH is 1. The van der Waals surface area contributed by atoms with Gasteiger partial charge in [-0.2, -0.15) is 13.2 Å². The molecule has 6 nitrogen and oxygen atoms in total. The Bertz CT molecular complexity index is 267. The number of carboxylic acids is 1. The average Bonchev–Trinajstić information content (AvgIpc) is 2.30. The maximum atomic E-state index is 10.5. The van der Waals surface area contributed by atoms with Gasteiger partial charge in [0.15, 0.2) is 0 Å². The molecule has 16 heavy (non-hydrogen) atoms. The van der Waals surface area contributed by atoms with Crippen LogP contribution in [0.3, 0.4) is 0 Å². The summed E-state index contributed by atoms with van der Waals surface area (Å²) in [5.41, 5.74) is 5.38. The van der Waals surface area contributed by atoms with Crippen molar-refractivity contribution in [2.24, 2.45) is 5.73 Å². The van der Waals surface area contributed by atoms with Crippen LogP contribution in [0.1, 0.15) is 6.42 Å². The summed E-state index contributed by atoms with van der Waals surface area (Å²) in [6.45, 7) is 1.30. The first-order valence-electron chi connectivity index (χ1n) is 4.30. The zero-order chi connectivity index (χ0) is 12.8. The summed E-state index contributed by atoms with van der Waals surface area (Å²) >= 11 is 0. The molecule has 94 valence electrons. The number of nitrogens with two attached hydrogens (primary N) is 1. The standard InChI is InChI=1S/C5H11N3O.C2HF3O2/c6-5-7-2-1-4(9)3-8-5;3-2(4,5)1(6)7/h4,9H,1-3H2,(H3,6,7,8);(H,6,7). The molecular formula is C7H12F3N3O3. The first kappa shape index (κ1) is 14.5. The van der Waals surface area contributed by atoms with Crippen LogP contribution in [0.2, 0.25) is 0 Å². The molecule has 0 saturated carbocycles. The highest BCUT2D eigenvalue weighted by Gasteiger charge is 2.28. The summed E-state index contributed by atoms with van der Waals surface area (Å²) in [4.78, 5) is 11.6. The third-order valence-corrected chi connectivity index (χ3v) is 1.55. The number of nitrogens with one attached hydrogen (secondary N) is 2. The van der Waals surface area contributed by atoms with Crippen molar-refractivity contribution in [3.05, 3.63) is 0 Å². The number of alkyl halides is 3. The second-order valence-electron chi connectivity index (χ2n) is 2.95. The summed E-state index contributed by atoms with van der Waals surface area (Å²) in [6.07, 6.45) is -4.70. The number of hydrogen-bond acceptors (Lipinski definition) is 5. The maximum Gasteiger partial charge on any atom is 0.430 e. The van der Waals surface area contributed by atoms with Gasteiger partial charge in [0.2, 0.25) is 0 Å². The molecule has 0 aromatic heterocycles. The monoisotopic (exact) mass is 243 g/mol. The Morgan fingerprint density at radius 2 is 2.12 bits per heavy atom. The Labute approximate surface area is 89.0 Å². The number of β-amino-alcohol motifs (C(OH)–C–C–N with tert-alkyl or cyclic N) is 1. The Morgan fingerprint density at radius 1 is 1.62 bits per heavy atom. The third-order valence-electron chi connectivity index (χ3n) is 1.55. The fraction of sp³-hybridized carbons (Fsp3) is 0.714. The third kappa shape index (κ3) is 6.87. The molecule has 1 aliphatic rings. The molecule has 1 aliphatic heterocycles. The molecule has 5 N–H and O–H groups in total. The van der Waals surface area contributed by atoms with Gasteiger partial charge in [0.05, 0.1) is 19.2 Å². The molecule has 0 saturated heterocycles. The SMILES string of the molecule is NC1=[NH+]CC(O)CCN1.O=C([O-])C(F)(F)F. The predicted octanol–water partition coefficient (Wildman–Crippen LogP) is -3.97. The van der Waals surface area contributed by atoms with Gasteiger partial charge in [-0.05, 0) is 0 Å². The number of carbonyl (C=O) groups excluding carboxylic acids is 1. The number of hydrogen-bond donors (Lipinski definition) is 4. The van der Waals surface area contributed by atoms with E-state index in [-0.39, 0.29) is 6.10 Å². The van der Waals surface area contributed by atoms with Crippen molar-refractivity contribution in [1.82, 2.24) is 5.32 Å². The smallest absolute Gasteiger partial charge is 0.430 e. The lowest BCUT2D eigenvalue weighted by Crippen LogP contribution is -2.79. The van der Waals surface area contributed by atoms with Crippen LogP contribution in [-0.2, 0) is 4.79 Å². The molecule has 0 bridgehead atoms. The van der Waals surface area contributed by atoms with Gasteiger partial charge in [0, 0.05) is 6.42 Å². The molecular weight excluding hydrogens is 231 g/mol. The molecule has 0 aromatic rings. The van der Waals surface area contributed by atoms with Gasteiger partial charge < -0.3 is 15.0 Å². The topological polar surface area (TPSA) is 112 Å². The number of rotatable bonds is 0. The zero-order valence-electron chi connectivity index (χ0n) is 8.17.